The highest BCUT2D eigenvalue weighted by atomic mass is 32.2. The first-order chi connectivity index (χ1) is 15.9. The van der Waals surface area contributed by atoms with Crippen molar-refractivity contribution in [2.75, 3.05) is 33.0 Å². The summed E-state index contributed by atoms with van der Waals surface area (Å²) in [5.74, 6) is 1.85. The SMILES string of the molecule is Cc1c(OCC2COC(C)(C)OC2)ccnc1C[S+]([O-])c1nc2cc3c(cc2[nH]1)OCCO3. The van der Waals surface area contributed by atoms with Crippen LogP contribution in [0.15, 0.2) is 29.6 Å². The maximum Gasteiger partial charge on any atom is 0.322 e. The van der Waals surface area contributed by atoms with Gasteiger partial charge in [-0.1, -0.05) is 0 Å². The molecule has 3 aromatic rings. The summed E-state index contributed by atoms with van der Waals surface area (Å²) in [5, 5.41) is 0.388. The zero-order valence-electron chi connectivity index (χ0n) is 18.9. The molecular formula is C23H27N3O6S. The molecule has 2 aromatic heterocycles. The molecule has 1 unspecified atom stereocenters. The zero-order valence-corrected chi connectivity index (χ0v) is 19.7. The molecule has 1 saturated heterocycles. The molecule has 0 aliphatic carbocycles. The first-order valence-electron chi connectivity index (χ1n) is 10.9. The highest BCUT2D eigenvalue weighted by Crippen LogP contribution is 2.34. The number of benzene rings is 1. The van der Waals surface area contributed by atoms with Gasteiger partial charge in [-0.3, -0.25) is 9.97 Å². The molecule has 2 aliphatic heterocycles. The number of H-pyrrole nitrogens is 1. The van der Waals surface area contributed by atoms with Crippen LogP contribution in [0.1, 0.15) is 25.1 Å². The Morgan fingerprint density at radius 3 is 2.67 bits per heavy atom. The van der Waals surface area contributed by atoms with Gasteiger partial charge in [0, 0.05) is 41.0 Å². The minimum absolute atomic E-state index is 0.150. The monoisotopic (exact) mass is 473 g/mol. The molecule has 0 amide bonds. The molecule has 1 fully saturated rings. The van der Waals surface area contributed by atoms with E-state index in [1.807, 2.05) is 32.9 Å². The smallest absolute Gasteiger partial charge is 0.322 e. The van der Waals surface area contributed by atoms with E-state index < -0.39 is 17.0 Å². The summed E-state index contributed by atoms with van der Waals surface area (Å²) in [6.45, 7) is 8.38. The van der Waals surface area contributed by atoms with Crippen LogP contribution >= 0.6 is 0 Å². The van der Waals surface area contributed by atoms with Crippen LogP contribution in [0.25, 0.3) is 11.0 Å². The Labute approximate surface area is 194 Å². The molecular weight excluding hydrogens is 446 g/mol. The highest BCUT2D eigenvalue weighted by Gasteiger charge is 2.29. The molecule has 2 aliphatic rings. The van der Waals surface area contributed by atoms with E-state index >= 15 is 0 Å². The van der Waals surface area contributed by atoms with Crippen molar-refractivity contribution in [2.24, 2.45) is 5.92 Å². The van der Waals surface area contributed by atoms with Gasteiger partial charge >= 0.3 is 5.16 Å². The second-order valence-corrected chi connectivity index (χ2v) is 9.99. The van der Waals surface area contributed by atoms with Crippen LogP contribution in [0.5, 0.6) is 17.2 Å². The van der Waals surface area contributed by atoms with Crippen molar-refractivity contribution in [1.82, 2.24) is 15.0 Å². The maximum atomic E-state index is 13.1. The van der Waals surface area contributed by atoms with Gasteiger partial charge < -0.3 is 28.2 Å². The first-order valence-corrected chi connectivity index (χ1v) is 12.2. The number of aromatic amines is 1. The Kier molecular flexibility index (Phi) is 6.09. The second kappa shape index (κ2) is 9.02. The number of pyridine rings is 1. The van der Waals surface area contributed by atoms with Crippen LogP contribution in [-0.4, -0.2) is 58.3 Å². The molecule has 0 spiro atoms. The Morgan fingerprint density at radius 2 is 1.91 bits per heavy atom. The summed E-state index contributed by atoms with van der Waals surface area (Å²) in [5.41, 5.74) is 3.00. The number of hydrogen-bond acceptors (Lipinski definition) is 8. The van der Waals surface area contributed by atoms with Crippen molar-refractivity contribution in [3.05, 3.63) is 35.7 Å². The van der Waals surface area contributed by atoms with E-state index in [1.165, 1.54) is 0 Å². The Bertz CT molecular complexity index is 1100. The van der Waals surface area contributed by atoms with Gasteiger partial charge in [0.2, 0.25) is 0 Å². The lowest BCUT2D eigenvalue weighted by Gasteiger charge is -2.34. The van der Waals surface area contributed by atoms with Crippen LogP contribution < -0.4 is 14.2 Å². The maximum absolute atomic E-state index is 13.1. The number of imidazole rings is 1. The first kappa shape index (κ1) is 22.3. The normalized spacial score (nSPS) is 18.9. The Morgan fingerprint density at radius 1 is 1.18 bits per heavy atom. The quantitative estimate of drug-likeness (QED) is 0.544. The fraction of sp³-hybridized carbons (Fsp3) is 0.478. The fourth-order valence-electron chi connectivity index (χ4n) is 3.72. The summed E-state index contributed by atoms with van der Waals surface area (Å²) in [6.07, 6.45) is 1.67. The van der Waals surface area contributed by atoms with Crippen LogP contribution in [0, 0.1) is 12.8 Å². The standard InChI is InChI=1S/C23H27N3O6S/c1-14-18(24-5-4-19(14)30-10-15-11-31-23(2,3)32-12-15)13-33(27)22-25-16-8-20-21(9-17(16)26-22)29-7-6-28-20/h4-5,8-9,15H,6-7,10-13H2,1-3H3,(H,25,26). The lowest BCUT2D eigenvalue weighted by Crippen LogP contribution is -2.41. The highest BCUT2D eigenvalue weighted by molar-refractivity contribution is 7.90. The van der Waals surface area contributed by atoms with Gasteiger partial charge in [0.05, 0.1) is 36.5 Å². The predicted molar refractivity (Wildman–Crippen MR) is 121 cm³/mol. The van der Waals surface area contributed by atoms with E-state index in [0.717, 1.165) is 11.1 Å². The lowest BCUT2D eigenvalue weighted by molar-refractivity contribution is -0.264. The third kappa shape index (κ3) is 4.89. The van der Waals surface area contributed by atoms with Crippen LogP contribution in [0.4, 0.5) is 0 Å². The van der Waals surface area contributed by atoms with Crippen molar-refractivity contribution >= 4 is 22.2 Å². The topological polar surface area (TPSA) is 111 Å². The predicted octanol–water partition coefficient (Wildman–Crippen LogP) is 3.12. The van der Waals surface area contributed by atoms with Crippen molar-refractivity contribution in [1.29, 1.82) is 0 Å². The Balaban J connectivity index is 1.26. The lowest BCUT2D eigenvalue weighted by atomic mass is 10.1. The molecule has 0 radical (unpaired) electrons. The van der Waals surface area contributed by atoms with Crippen LogP contribution in [0.2, 0.25) is 0 Å². The molecule has 1 aromatic carbocycles. The number of aromatic nitrogens is 3. The molecule has 10 heteroatoms. The van der Waals surface area contributed by atoms with Crippen LogP contribution in [-0.2, 0) is 26.4 Å². The molecule has 4 heterocycles. The molecule has 0 bridgehead atoms. The van der Waals surface area contributed by atoms with E-state index in [9.17, 15) is 4.55 Å². The van der Waals surface area contributed by atoms with Crippen molar-refractivity contribution in [2.45, 2.75) is 37.5 Å². The minimum atomic E-state index is -1.41. The summed E-state index contributed by atoms with van der Waals surface area (Å²) >= 11 is -1.41. The van der Waals surface area contributed by atoms with E-state index in [4.69, 9.17) is 23.7 Å². The summed E-state index contributed by atoms with van der Waals surface area (Å²) in [7, 11) is 0. The van der Waals surface area contributed by atoms with Crippen molar-refractivity contribution in [3.8, 4) is 17.2 Å². The van der Waals surface area contributed by atoms with Gasteiger partial charge in [-0.2, -0.15) is 4.98 Å². The van der Waals surface area contributed by atoms with E-state index in [-0.39, 0.29) is 11.7 Å². The third-order valence-corrected chi connectivity index (χ3v) is 6.83. The molecule has 1 N–H and O–H groups in total. The second-order valence-electron chi connectivity index (χ2n) is 8.62. The van der Waals surface area contributed by atoms with E-state index in [0.29, 0.717) is 66.7 Å². The average molecular weight is 474 g/mol. The van der Waals surface area contributed by atoms with Crippen molar-refractivity contribution < 1.29 is 28.2 Å². The van der Waals surface area contributed by atoms with E-state index in [1.54, 1.807) is 12.3 Å². The zero-order chi connectivity index (χ0) is 23.0. The molecule has 9 nitrogen and oxygen atoms in total. The molecule has 176 valence electrons. The number of ether oxygens (including phenoxy) is 5. The van der Waals surface area contributed by atoms with Gasteiger partial charge in [-0.25, -0.2) is 0 Å². The van der Waals surface area contributed by atoms with Crippen LogP contribution in [0.3, 0.4) is 0 Å². The molecule has 1 atom stereocenters. The largest absolute Gasteiger partial charge is 0.609 e. The van der Waals surface area contributed by atoms with Crippen molar-refractivity contribution in [3.63, 3.8) is 0 Å². The van der Waals surface area contributed by atoms with Gasteiger partial charge in [0.1, 0.15) is 19.0 Å². The van der Waals surface area contributed by atoms with Gasteiger partial charge in [0.15, 0.2) is 23.0 Å². The number of nitrogens with one attached hydrogen (secondary N) is 1. The third-order valence-electron chi connectivity index (χ3n) is 5.67. The van der Waals surface area contributed by atoms with Gasteiger partial charge in [-0.15, -0.1) is 0 Å². The number of fused-ring (bicyclic) bond motifs is 2. The number of hydrogen-bond donors (Lipinski definition) is 1. The van der Waals surface area contributed by atoms with Gasteiger partial charge in [-0.05, 0) is 26.8 Å². The van der Waals surface area contributed by atoms with Gasteiger partial charge in [0.25, 0.3) is 0 Å². The molecule has 5 rings (SSSR count). The summed E-state index contributed by atoms with van der Waals surface area (Å²) in [6, 6.07) is 5.45. The summed E-state index contributed by atoms with van der Waals surface area (Å²) < 4.78 is 41.7. The molecule has 33 heavy (non-hydrogen) atoms. The number of rotatable bonds is 6. The Hall–Kier alpha value is -2.53. The molecule has 0 saturated carbocycles. The summed E-state index contributed by atoms with van der Waals surface area (Å²) in [4.78, 5) is 12.1. The minimum Gasteiger partial charge on any atom is -0.609 e. The van der Waals surface area contributed by atoms with E-state index in [2.05, 4.69) is 15.0 Å². The average Bonchev–Trinajstić information content (AvgIpc) is 3.22. The number of nitrogens with zero attached hydrogens (tertiary/aromatic N) is 2. The fourth-order valence-corrected chi connectivity index (χ4v) is 4.82.